The maximum Gasteiger partial charge on any atom is 0.343 e. The number of esters is 1. The zero-order valence-electron chi connectivity index (χ0n) is 22.7. The summed E-state index contributed by atoms with van der Waals surface area (Å²) in [6, 6.07) is 12.5. The molecule has 2 aromatic heterocycles. The Labute approximate surface area is 227 Å². The summed E-state index contributed by atoms with van der Waals surface area (Å²) in [5.74, 6) is -0.333. The Kier molecular flexibility index (Phi) is 6.31. The lowest BCUT2D eigenvalue weighted by Crippen LogP contribution is -2.44. The second kappa shape index (κ2) is 9.57. The molecule has 0 fully saturated rings. The lowest BCUT2D eigenvalue weighted by atomic mass is 9.86. The highest BCUT2D eigenvalue weighted by atomic mass is 16.6. The van der Waals surface area contributed by atoms with Crippen LogP contribution in [-0.2, 0) is 41.1 Å². The van der Waals surface area contributed by atoms with Gasteiger partial charge in [-0.05, 0) is 72.1 Å². The Morgan fingerprint density at radius 3 is 2.64 bits per heavy atom. The Balaban J connectivity index is 1.61. The highest BCUT2D eigenvalue weighted by Crippen LogP contribution is 2.42. The van der Waals surface area contributed by atoms with E-state index in [1.807, 2.05) is 6.07 Å². The average molecular weight is 527 g/mol. The molecule has 6 rings (SSSR count). The summed E-state index contributed by atoms with van der Waals surface area (Å²) in [4.78, 5) is 31.4. The molecule has 0 radical (unpaired) electrons. The molecule has 202 valence electrons. The van der Waals surface area contributed by atoms with Gasteiger partial charge in [-0.1, -0.05) is 45.0 Å². The molecule has 4 heterocycles. The van der Waals surface area contributed by atoms with Crippen LogP contribution in [-0.4, -0.2) is 32.3 Å². The average Bonchev–Trinajstić information content (AvgIpc) is 3.29. The van der Waals surface area contributed by atoms with Crippen molar-refractivity contribution >= 4 is 27.6 Å². The molecule has 0 unspecified atom stereocenters. The first-order valence-corrected chi connectivity index (χ1v) is 13.9. The number of aliphatic hydroxyl groups excluding tert-OH is 1. The molecule has 2 aliphatic rings. The zero-order chi connectivity index (χ0) is 27.5. The molecule has 4 aromatic rings. The summed E-state index contributed by atoms with van der Waals surface area (Å²) < 4.78 is 6.95. The highest BCUT2D eigenvalue weighted by molar-refractivity contribution is 6.09. The Hall–Kier alpha value is -3.55. The van der Waals surface area contributed by atoms with Crippen LogP contribution in [0.25, 0.3) is 33.1 Å². The van der Waals surface area contributed by atoms with Crippen LogP contribution >= 0.6 is 0 Å². The third-order valence-electron chi connectivity index (χ3n) is 8.34. The number of unbranched alkanes of at least 4 members (excludes halogenated alkanes) is 1. The van der Waals surface area contributed by atoms with Gasteiger partial charge in [0, 0.05) is 23.1 Å². The van der Waals surface area contributed by atoms with Crippen molar-refractivity contribution in [3.63, 3.8) is 0 Å². The van der Waals surface area contributed by atoms with E-state index in [0.717, 1.165) is 58.6 Å². The predicted octanol–water partition coefficient (Wildman–Crippen LogP) is 4.75. The number of pyridine rings is 2. The van der Waals surface area contributed by atoms with Gasteiger partial charge in [0.1, 0.15) is 6.61 Å². The van der Waals surface area contributed by atoms with Crippen molar-refractivity contribution < 1.29 is 19.7 Å². The molecule has 7 nitrogen and oxygen atoms in total. The molecule has 0 saturated heterocycles. The van der Waals surface area contributed by atoms with Crippen LogP contribution in [0.4, 0.5) is 0 Å². The second-order valence-electron chi connectivity index (χ2n) is 11.3. The van der Waals surface area contributed by atoms with Gasteiger partial charge in [0.25, 0.3) is 5.56 Å². The Bertz CT molecular complexity index is 1700. The summed E-state index contributed by atoms with van der Waals surface area (Å²) in [6.45, 7) is 6.56. The molecule has 2 aliphatic heterocycles. The van der Waals surface area contributed by atoms with Gasteiger partial charge in [-0.15, -0.1) is 0 Å². The second-order valence-corrected chi connectivity index (χ2v) is 11.3. The van der Waals surface area contributed by atoms with E-state index in [0.29, 0.717) is 29.3 Å². The number of aromatic nitrogens is 2. The van der Waals surface area contributed by atoms with Crippen molar-refractivity contribution in [2.45, 2.75) is 71.6 Å². The zero-order valence-corrected chi connectivity index (χ0v) is 22.7. The van der Waals surface area contributed by atoms with Gasteiger partial charge in [0.2, 0.25) is 0 Å². The monoisotopic (exact) mass is 526 g/mol. The molecule has 2 N–H and O–H groups in total. The van der Waals surface area contributed by atoms with E-state index in [-0.39, 0.29) is 25.2 Å². The molecule has 0 amide bonds. The van der Waals surface area contributed by atoms with Crippen molar-refractivity contribution in [2.24, 2.45) is 5.92 Å². The molecular weight excluding hydrogens is 492 g/mol. The Morgan fingerprint density at radius 2 is 1.90 bits per heavy atom. The van der Waals surface area contributed by atoms with E-state index >= 15 is 0 Å². The normalized spacial score (nSPS) is 17.9. The quantitative estimate of drug-likeness (QED) is 0.180. The van der Waals surface area contributed by atoms with Crippen molar-refractivity contribution in [3.05, 3.63) is 74.6 Å². The number of ether oxygens (including phenoxy) is 1. The molecule has 2 aromatic carbocycles. The number of hydrogen-bond acceptors (Lipinski definition) is 6. The van der Waals surface area contributed by atoms with Crippen molar-refractivity contribution in [3.8, 4) is 11.4 Å². The maximum atomic E-state index is 13.7. The summed E-state index contributed by atoms with van der Waals surface area (Å²) in [5, 5.41) is 23.9. The van der Waals surface area contributed by atoms with Crippen LogP contribution in [0, 0.1) is 5.92 Å². The van der Waals surface area contributed by atoms with E-state index in [1.165, 1.54) is 11.1 Å². The van der Waals surface area contributed by atoms with Crippen LogP contribution < -0.4 is 5.56 Å². The number of carbonyl (C=O) groups is 1. The van der Waals surface area contributed by atoms with Crippen LogP contribution in [0.15, 0.2) is 41.2 Å². The van der Waals surface area contributed by atoms with E-state index in [2.05, 4.69) is 38.1 Å². The SMILES string of the molecule is CC[C@@]1(O)C(=O)OCc2c1cc1n(c2=O)Cc2c-1nc1ccc3ccc(CCCCO)cc3c1c2CC(C)C. The van der Waals surface area contributed by atoms with Crippen LogP contribution in [0.5, 0.6) is 0 Å². The van der Waals surface area contributed by atoms with E-state index in [9.17, 15) is 19.8 Å². The van der Waals surface area contributed by atoms with Gasteiger partial charge < -0.3 is 19.5 Å². The molecular formula is C32H34N2O5. The van der Waals surface area contributed by atoms with Gasteiger partial charge in [0.05, 0.1) is 29.0 Å². The van der Waals surface area contributed by atoms with E-state index in [4.69, 9.17) is 9.72 Å². The van der Waals surface area contributed by atoms with Crippen molar-refractivity contribution in [1.82, 2.24) is 9.55 Å². The van der Waals surface area contributed by atoms with Gasteiger partial charge in [-0.3, -0.25) is 4.79 Å². The predicted molar refractivity (Wildman–Crippen MR) is 151 cm³/mol. The van der Waals surface area contributed by atoms with Crippen LogP contribution in [0.2, 0.25) is 0 Å². The minimum atomic E-state index is -1.84. The molecule has 0 bridgehead atoms. The number of hydrogen-bond donors (Lipinski definition) is 2. The number of carbonyl (C=O) groups excluding carboxylic acids is 1. The molecule has 7 heteroatoms. The van der Waals surface area contributed by atoms with Gasteiger partial charge in [-0.2, -0.15) is 0 Å². The largest absolute Gasteiger partial charge is 0.458 e. The summed E-state index contributed by atoms with van der Waals surface area (Å²) in [7, 11) is 0. The van der Waals surface area contributed by atoms with Gasteiger partial charge in [0.15, 0.2) is 5.60 Å². The van der Waals surface area contributed by atoms with Crippen molar-refractivity contribution in [1.29, 1.82) is 0 Å². The summed E-state index contributed by atoms with van der Waals surface area (Å²) in [6.07, 6.45) is 3.56. The van der Waals surface area contributed by atoms with Crippen LogP contribution in [0.3, 0.4) is 0 Å². The number of benzene rings is 2. The third-order valence-corrected chi connectivity index (χ3v) is 8.34. The number of aryl methyl sites for hydroxylation is 1. The lowest BCUT2D eigenvalue weighted by molar-refractivity contribution is -0.172. The Morgan fingerprint density at radius 1 is 1.10 bits per heavy atom. The maximum absolute atomic E-state index is 13.7. The molecule has 0 aliphatic carbocycles. The molecule has 1 atom stereocenters. The first kappa shape index (κ1) is 25.7. The molecule has 39 heavy (non-hydrogen) atoms. The third kappa shape index (κ3) is 3.98. The molecule has 0 spiro atoms. The minimum absolute atomic E-state index is 0.116. The number of cyclic esters (lactones) is 1. The number of rotatable bonds is 7. The van der Waals surface area contributed by atoms with Gasteiger partial charge >= 0.3 is 5.97 Å². The number of nitrogens with zero attached hydrogens (tertiary/aromatic N) is 2. The fourth-order valence-electron chi connectivity index (χ4n) is 6.27. The number of aliphatic hydroxyl groups is 2. The smallest absolute Gasteiger partial charge is 0.343 e. The first-order chi connectivity index (χ1) is 18.8. The lowest BCUT2D eigenvalue weighted by Gasteiger charge is -2.31. The highest BCUT2D eigenvalue weighted by Gasteiger charge is 2.45. The fourth-order valence-corrected chi connectivity index (χ4v) is 6.27. The van der Waals surface area contributed by atoms with E-state index in [1.54, 1.807) is 17.6 Å². The van der Waals surface area contributed by atoms with Gasteiger partial charge in [-0.25, -0.2) is 9.78 Å². The summed E-state index contributed by atoms with van der Waals surface area (Å²) in [5.41, 5.74) is 4.30. The topological polar surface area (TPSA) is 102 Å². The first-order valence-electron chi connectivity index (χ1n) is 13.9. The minimum Gasteiger partial charge on any atom is -0.458 e. The fraction of sp³-hybridized carbons (Fsp3) is 0.406. The molecule has 0 saturated carbocycles. The van der Waals surface area contributed by atoms with Crippen molar-refractivity contribution in [2.75, 3.05) is 6.61 Å². The standard InChI is InChI=1S/C32H34N2O5/c1-4-32(38)25-15-27-29-23(16-34(27)30(36)24(25)17-39-31(32)37)22(13-18(2)3)28-21-14-19(7-5-6-12-35)8-9-20(21)10-11-26(28)33-29/h8-11,14-15,18,35,38H,4-7,12-13,16-17H2,1-3H3/t32-/m0/s1. The summed E-state index contributed by atoms with van der Waals surface area (Å²) >= 11 is 0. The number of fused-ring (bicyclic) bond motifs is 7. The van der Waals surface area contributed by atoms with Crippen LogP contribution in [0.1, 0.15) is 67.9 Å². The van der Waals surface area contributed by atoms with E-state index < -0.39 is 11.6 Å².